The predicted octanol–water partition coefficient (Wildman–Crippen LogP) is 0.818. The molecule has 2 rings (SSSR count). The van der Waals surface area contributed by atoms with Crippen LogP contribution in [0.25, 0.3) is 0 Å². The van der Waals surface area contributed by atoms with Crippen molar-refractivity contribution in [2.24, 2.45) is 16.7 Å². The Morgan fingerprint density at radius 2 is 2.00 bits per heavy atom. The van der Waals surface area contributed by atoms with Crippen LogP contribution in [0.5, 0.6) is 0 Å². The number of Topliss-reactive ketones (excluding diaryl/α,β-unsaturated/α-hetero) is 1. The highest BCUT2D eigenvalue weighted by atomic mass is 79.9. The normalized spacial score (nSPS) is 39.2. The highest BCUT2D eigenvalue weighted by Gasteiger charge is 2.69. The van der Waals surface area contributed by atoms with Crippen molar-refractivity contribution in [3.05, 3.63) is 0 Å². The molecule has 0 saturated heterocycles. The Morgan fingerprint density at radius 1 is 1.47 bits per heavy atom. The zero-order chi connectivity index (χ0) is 12.4. The summed E-state index contributed by atoms with van der Waals surface area (Å²) in [6.45, 7) is 3.85. The molecule has 2 bridgehead atoms. The zero-order valence-corrected chi connectivity index (χ0v) is 12.1. The van der Waals surface area contributed by atoms with Crippen molar-refractivity contribution < 1.29 is 23.2 Å². The first kappa shape index (κ1) is 15.1. The molecule has 0 heterocycles. The molecule has 0 amide bonds. The molecule has 2 aliphatic carbocycles. The van der Waals surface area contributed by atoms with E-state index in [1.54, 1.807) is 0 Å². The molecule has 0 aliphatic heterocycles. The van der Waals surface area contributed by atoms with E-state index in [1.165, 1.54) is 0 Å². The molecular formula is C10H17BrO5S. The van der Waals surface area contributed by atoms with Gasteiger partial charge in [0.25, 0.3) is 10.1 Å². The standard InChI is InChI=1S/C10H15BrO4S.H2O/c1-9(2)6-3-4-10(9,5-16(13,14)15)8(12)7(6)11;/h6-7H,3-5H2,1-2H3,(H,13,14,15);1H2. The first-order chi connectivity index (χ1) is 7.12. The Bertz CT molecular complexity index is 444. The lowest BCUT2D eigenvalue weighted by atomic mass is 9.70. The van der Waals surface area contributed by atoms with Crippen molar-refractivity contribution in [2.45, 2.75) is 31.5 Å². The average molecular weight is 329 g/mol. The van der Waals surface area contributed by atoms with E-state index in [0.29, 0.717) is 6.42 Å². The van der Waals surface area contributed by atoms with Crippen LogP contribution in [0.2, 0.25) is 0 Å². The number of fused-ring (bicyclic) bond motifs is 2. The second kappa shape index (κ2) is 4.01. The molecule has 2 saturated carbocycles. The largest absolute Gasteiger partial charge is 0.412 e. The van der Waals surface area contributed by atoms with Gasteiger partial charge in [-0.2, -0.15) is 8.42 Å². The van der Waals surface area contributed by atoms with Crippen LogP contribution < -0.4 is 0 Å². The summed E-state index contributed by atoms with van der Waals surface area (Å²) in [4.78, 5) is 11.9. The van der Waals surface area contributed by atoms with Crippen molar-refractivity contribution in [3.63, 3.8) is 0 Å². The molecule has 0 aromatic rings. The van der Waals surface area contributed by atoms with Gasteiger partial charge in [-0.15, -0.1) is 0 Å². The van der Waals surface area contributed by atoms with Gasteiger partial charge >= 0.3 is 0 Å². The van der Waals surface area contributed by atoms with Crippen LogP contribution >= 0.6 is 15.9 Å². The molecule has 3 N–H and O–H groups in total. The van der Waals surface area contributed by atoms with Crippen molar-refractivity contribution in [1.82, 2.24) is 0 Å². The number of hydrogen-bond donors (Lipinski definition) is 1. The first-order valence-corrected chi connectivity index (χ1v) is 7.78. The van der Waals surface area contributed by atoms with E-state index in [1.807, 2.05) is 13.8 Å². The summed E-state index contributed by atoms with van der Waals surface area (Å²) >= 11 is 3.35. The summed E-state index contributed by atoms with van der Waals surface area (Å²) < 4.78 is 31.2. The third-order valence-corrected chi connectivity index (χ3v) is 6.46. The monoisotopic (exact) mass is 328 g/mol. The van der Waals surface area contributed by atoms with E-state index < -0.39 is 21.3 Å². The molecule has 100 valence electrons. The molecule has 0 aromatic carbocycles. The lowest BCUT2D eigenvalue weighted by Crippen LogP contribution is -2.43. The summed E-state index contributed by atoms with van der Waals surface area (Å²) in [5, 5.41) is 0. The molecule has 2 aliphatic rings. The Kier molecular flexibility index (Phi) is 3.56. The second-order valence-corrected chi connectivity index (χ2v) is 7.88. The summed E-state index contributed by atoms with van der Waals surface area (Å²) in [5.74, 6) is -0.335. The van der Waals surface area contributed by atoms with Gasteiger partial charge in [0.05, 0.1) is 16.0 Å². The summed E-state index contributed by atoms with van der Waals surface area (Å²) in [5.41, 5.74) is -1.27. The van der Waals surface area contributed by atoms with Gasteiger partial charge in [-0.05, 0) is 24.2 Å². The number of alkyl halides is 1. The third kappa shape index (κ3) is 1.87. The molecule has 7 heteroatoms. The highest BCUT2D eigenvalue weighted by Crippen LogP contribution is 2.65. The van der Waals surface area contributed by atoms with Crippen LogP contribution in [0.15, 0.2) is 0 Å². The molecule has 3 atom stereocenters. The quantitative estimate of drug-likeness (QED) is 0.598. The molecule has 2 fully saturated rings. The third-order valence-electron chi connectivity index (χ3n) is 4.55. The lowest BCUT2D eigenvalue weighted by Gasteiger charge is -2.35. The van der Waals surface area contributed by atoms with Crippen molar-refractivity contribution in [1.29, 1.82) is 0 Å². The van der Waals surface area contributed by atoms with E-state index in [0.717, 1.165) is 6.42 Å². The fourth-order valence-electron chi connectivity index (χ4n) is 3.48. The summed E-state index contributed by atoms with van der Waals surface area (Å²) in [6.07, 6.45) is 1.40. The number of rotatable bonds is 2. The van der Waals surface area contributed by atoms with E-state index in [9.17, 15) is 13.2 Å². The van der Waals surface area contributed by atoms with Crippen LogP contribution in [-0.4, -0.2) is 34.8 Å². The number of carbonyl (C=O) groups excluding carboxylic acids is 1. The fourth-order valence-corrected chi connectivity index (χ4v) is 6.12. The van der Waals surface area contributed by atoms with Gasteiger partial charge in [0, 0.05) is 0 Å². The number of hydrogen-bond acceptors (Lipinski definition) is 3. The molecule has 0 radical (unpaired) electrons. The first-order valence-electron chi connectivity index (χ1n) is 5.25. The average Bonchev–Trinajstić information content (AvgIpc) is 2.39. The van der Waals surface area contributed by atoms with Crippen LogP contribution in [0, 0.1) is 16.7 Å². The van der Waals surface area contributed by atoms with Crippen molar-refractivity contribution in [3.8, 4) is 0 Å². The molecular weight excluding hydrogens is 312 g/mol. The van der Waals surface area contributed by atoms with E-state index in [-0.39, 0.29) is 27.4 Å². The zero-order valence-electron chi connectivity index (χ0n) is 9.73. The fraction of sp³-hybridized carbons (Fsp3) is 0.900. The Hall–Kier alpha value is 0.0200. The number of halogens is 1. The van der Waals surface area contributed by atoms with Crippen LogP contribution in [0.1, 0.15) is 26.7 Å². The topological polar surface area (TPSA) is 103 Å². The van der Waals surface area contributed by atoms with E-state index in [4.69, 9.17) is 4.55 Å². The Morgan fingerprint density at radius 3 is 2.35 bits per heavy atom. The summed E-state index contributed by atoms with van der Waals surface area (Å²) in [6, 6.07) is 0. The minimum atomic E-state index is -4.12. The number of ketones is 1. The van der Waals surface area contributed by atoms with Crippen LogP contribution in [0.4, 0.5) is 0 Å². The minimum Gasteiger partial charge on any atom is -0.412 e. The molecule has 5 nitrogen and oxygen atoms in total. The van der Waals surface area contributed by atoms with Gasteiger partial charge in [0.2, 0.25) is 0 Å². The maximum atomic E-state index is 12.2. The lowest BCUT2D eigenvalue weighted by molar-refractivity contribution is -0.127. The Balaban J connectivity index is 0.00000144. The number of carbonyl (C=O) groups is 1. The van der Waals surface area contributed by atoms with Crippen LogP contribution in [0.3, 0.4) is 0 Å². The second-order valence-electron chi connectivity index (χ2n) is 5.44. The maximum absolute atomic E-state index is 12.2. The van der Waals surface area contributed by atoms with Crippen LogP contribution in [-0.2, 0) is 14.9 Å². The smallest absolute Gasteiger partial charge is 0.265 e. The van der Waals surface area contributed by atoms with Gasteiger partial charge in [0.15, 0.2) is 5.78 Å². The molecule has 0 spiro atoms. The van der Waals surface area contributed by atoms with Crippen molar-refractivity contribution in [2.75, 3.05) is 5.75 Å². The van der Waals surface area contributed by atoms with Crippen molar-refractivity contribution >= 4 is 31.8 Å². The van der Waals surface area contributed by atoms with E-state index >= 15 is 0 Å². The predicted molar refractivity (Wildman–Crippen MR) is 66.7 cm³/mol. The SMILES string of the molecule is CC1(C)C2CCC1(CS(=O)(=O)O)C(=O)C2Br.O. The van der Waals surface area contributed by atoms with Gasteiger partial charge in [-0.25, -0.2) is 0 Å². The minimum absolute atomic E-state index is 0. The molecule has 3 unspecified atom stereocenters. The van der Waals surface area contributed by atoms with Gasteiger partial charge in [-0.1, -0.05) is 29.8 Å². The maximum Gasteiger partial charge on any atom is 0.265 e. The van der Waals surface area contributed by atoms with Gasteiger partial charge in [-0.3, -0.25) is 9.35 Å². The van der Waals surface area contributed by atoms with Gasteiger partial charge in [0.1, 0.15) is 0 Å². The highest BCUT2D eigenvalue weighted by molar-refractivity contribution is 9.10. The molecule has 0 aromatic heterocycles. The summed E-state index contributed by atoms with van der Waals surface area (Å²) in [7, 11) is -4.12. The Labute approximate surface area is 109 Å². The molecule has 17 heavy (non-hydrogen) atoms. The van der Waals surface area contributed by atoms with E-state index in [2.05, 4.69) is 15.9 Å². The van der Waals surface area contributed by atoms with Gasteiger partial charge < -0.3 is 5.48 Å².